The lowest BCUT2D eigenvalue weighted by atomic mass is 9.93. The molecule has 0 spiro atoms. The Balaban J connectivity index is 2.77. The van der Waals surface area contributed by atoms with E-state index in [-0.39, 0.29) is 0 Å². The van der Waals surface area contributed by atoms with E-state index in [1.165, 1.54) is 5.56 Å². The summed E-state index contributed by atoms with van der Waals surface area (Å²) < 4.78 is 1.06. The zero-order valence-electron chi connectivity index (χ0n) is 9.92. The average molecular weight is 281 g/mol. The van der Waals surface area contributed by atoms with Crippen LogP contribution in [0.15, 0.2) is 28.7 Å². The van der Waals surface area contributed by atoms with Crippen molar-refractivity contribution in [2.45, 2.75) is 38.8 Å². The summed E-state index contributed by atoms with van der Waals surface area (Å²) in [6.45, 7) is 6.05. The van der Waals surface area contributed by atoms with E-state index in [0.717, 1.165) is 10.9 Å². The van der Waals surface area contributed by atoms with Gasteiger partial charge >= 0.3 is 0 Å². The third-order valence-electron chi connectivity index (χ3n) is 2.32. The molecule has 1 N–H and O–H groups in total. The van der Waals surface area contributed by atoms with Gasteiger partial charge in [-0.2, -0.15) is 5.26 Å². The highest BCUT2D eigenvalue weighted by Gasteiger charge is 2.24. The molecule has 0 fully saturated rings. The van der Waals surface area contributed by atoms with Crippen molar-refractivity contribution >= 4 is 15.9 Å². The summed E-state index contributed by atoms with van der Waals surface area (Å²) in [5.41, 5.74) is 0.669. The molecule has 1 aromatic carbocycles. The first-order valence-electron chi connectivity index (χ1n) is 5.38. The molecule has 3 heteroatoms. The molecule has 1 aromatic rings. The fraction of sp³-hybridized carbons (Fsp3) is 0.462. The molecule has 0 saturated carbocycles. The van der Waals surface area contributed by atoms with Crippen LogP contribution in [0.3, 0.4) is 0 Å². The normalized spacial score (nSPS) is 14.5. The number of nitrogens with zero attached hydrogens (tertiary/aromatic N) is 1. The Hall–Kier alpha value is -0.850. The molecule has 2 nitrogen and oxygen atoms in total. The van der Waals surface area contributed by atoms with Gasteiger partial charge in [0.25, 0.3) is 0 Å². The third kappa shape index (κ3) is 3.96. The van der Waals surface area contributed by atoms with Crippen LogP contribution in [-0.4, -0.2) is 11.6 Å². The summed E-state index contributed by atoms with van der Waals surface area (Å²) in [6, 6.07) is 10.7. The topological polar surface area (TPSA) is 35.8 Å². The molecule has 1 rings (SSSR count). The van der Waals surface area contributed by atoms with Gasteiger partial charge in [-0.15, -0.1) is 0 Å². The predicted molar refractivity (Wildman–Crippen MR) is 70.1 cm³/mol. The minimum atomic E-state index is -0.498. The number of hydrogen-bond donors (Lipinski definition) is 1. The minimum absolute atomic E-state index is 0.306. The lowest BCUT2D eigenvalue weighted by Gasteiger charge is -2.26. The fourth-order valence-corrected chi connectivity index (χ4v) is 2.03. The molecule has 0 aliphatic rings. The molecule has 86 valence electrons. The SMILES string of the molecule is CC(C)NC(C)(C#N)Cc1ccc(Br)cc1. The molecule has 0 bridgehead atoms. The molecule has 16 heavy (non-hydrogen) atoms. The van der Waals surface area contributed by atoms with Crippen molar-refractivity contribution in [3.05, 3.63) is 34.3 Å². The summed E-state index contributed by atoms with van der Waals surface area (Å²) in [5.74, 6) is 0. The monoisotopic (exact) mass is 280 g/mol. The van der Waals surface area contributed by atoms with Crippen LogP contribution in [0.5, 0.6) is 0 Å². The number of halogens is 1. The Morgan fingerprint density at radius 3 is 2.38 bits per heavy atom. The van der Waals surface area contributed by atoms with Crippen molar-refractivity contribution in [1.82, 2.24) is 5.32 Å². The lowest BCUT2D eigenvalue weighted by Crippen LogP contribution is -2.46. The summed E-state index contributed by atoms with van der Waals surface area (Å²) in [7, 11) is 0. The second-order valence-electron chi connectivity index (χ2n) is 4.55. The van der Waals surface area contributed by atoms with Gasteiger partial charge in [-0.1, -0.05) is 28.1 Å². The van der Waals surface area contributed by atoms with Crippen molar-refractivity contribution < 1.29 is 0 Å². The Bertz CT molecular complexity index is 378. The number of nitrogens with one attached hydrogen (secondary N) is 1. The first-order valence-corrected chi connectivity index (χ1v) is 6.18. The van der Waals surface area contributed by atoms with E-state index in [9.17, 15) is 5.26 Å². The zero-order chi connectivity index (χ0) is 12.2. The van der Waals surface area contributed by atoms with Crippen molar-refractivity contribution in [3.8, 4) is 6.07 Å². The summed E-state index contributed by atoms with van der Waals surface area (Å²) >= 11 is 3.40. The highest BCUT2D eigenvalue weighted by molar-refractivity contribution is 9.10. The molecule has 0 saturated heterocycles. The molecule has 0 heterocycles. The van der Waals surface area contributed by atoms with Crippen LogP contribution in [-0.2, 0) is 6.42 Å². The van der Waals surface area contributed by atoms with Gasteiger partial charge in [-0.25, -0.2) is 0 Å². The Kier molecular flexibility index (Phi) is 4.52. The van der Waals surface area contributed by atoms with E-state index in [1.54, 1.807) is 0 Å². The van der Waals surface area contributed by atoms with Crippen LogP contribution in [0.2, 0.25) is 0 Å². The highest BCUT2D eigenvalue weighted by Crippen LogP contribution is 2.16. The first-order chi connectivity index (χ1) is 7.45. The molecule has 1 unspecified atom stereocenters. The zero-order valence-corrected chi connectivity index (χ0v) is 11.5. The van der Waals surface area contributed by atoms with Gasteiger partial charge < -0.3 is 0 Å². The van der Waals surface area contributed by atoms with Crippen molar-refractivity contribution in [2.75, 3.05) is 0 Å². The van der Waals surface area contributed by atoms with Crippen LogP contribution in [0.1, 0.15) is 26.3 Å². The first kappa shape index (κ1) is 13.2. The average Bonchev–Trinajstić information content (AvgIpc) is 2.20. The largest absolute Gasteiger partial charge is 0.297 e. The predicted octanol–water partition coefficient (Wildman–Crippen LogP) is 3.27. The summed E-state index contributed by atoms with van der Waals surface area (Å²) in [4.78, 5) is 0. The minimum Gasteiger partial charge on any atom is -0.297 e. The molecule has 0 aliphatic carbocycles. The van der Waals surface area contributed by atoms with Gasteiger partial charge in [0, 0.05) is 16.9 Å². The van der Waals surface area contributed by atoms with Crippen LogP contribution in [0.4, 0.5) is 0 Å². The third-order valence-corrected chi connectivity index (χ3v) is 2.85. The number of benzene rings is 1. The smallest absolute Gasteiger partial charge is 0.108 e. The van der Waals surface area contributed by atoms with Crippen LogP contribution in [0, 0.1) is 11.3 Å². The molecule has 0 aliphatic heterocycles. The van der Waals surface area contributed by atoms with E-state index in [1.807, 2.05) is 31.2 Å². The van der Waals surface area contributed by atoms with Crippen molar-refractivity contribution in [1.29, 1.82) is 5.26 Å². The van der Waals surface area contributed by atoms with Crippen LogP contribution >= 0.6 is 15.9 Å². The molecular weight excluding hydrogens is 264 g/mol. The highest BCUT2D eigenvalue weighted by atomic mass is 79.9. The Morgan fingerprint density at radius 1 is 1.38 bits per heavy atom. The molecule has 0 amide bonds. The van der Waals surface area contributed by atoms with Gasteiger partial charge in [0.05, 0.1) is 6.07 Å². The van der Waals surface area contributed by atoms with E-state index >= 15 is 0 Å². The lowest BCUT2D eigenvalue weighted by molar-refractivity contribution is 0.403. The van der Waals surface area contributed by atoms with Gasteiger partial charge in [-0.3, -0.25) is 5.32 Å². The van der Waals surface area contributed by atoms with E-state index < -0.39 is 5.54 Å². The number of rotatable bonds is 4. The Morgan fingerprint density at radius 2 is 1.94 bits per heavy atom. The number of hydrogen-bond acceptors (Lipinski definition) is 2. The van der Waals surface area contributed by atoms with Crippen LogP contribution in [0.25, 0.3) is 0 Å². The summed E-state index contributed by atoms with van der Waals surface area (Å²) in [5, 5.41) is 12.5. The molecule has 0 aromatic heterocycles. The standard InChI is InChI=1S/C13H17BrN2/c1-10(2)16-13(3,9-15)8-11-4-6-12(14)7-5-11/h4-7,10,16H,8H2,1-3H3. The van der Waals surface area contributed by atoms with Gasteiger partial charge in [-0.05, 0) is 38.5 Å². The maximum atomic E-state index is 9.23. The van der Waals surface area contributed by atoms with Crippen molar-refractivity contribution in [2.24, 2.45) is 0 Å². The molecule has 0 radical (unpaired) electrons. The van der Waals surface area contributed by atoms with E-state index in [4.69, 9.17) is 0 Å². The molecular formula is C13H17BrN2. The maximum absolute atomic E-state index is 9.23. The maximum Gasteiger partial charge on any atom is 0.108 e. The molecule has 1 atom stereocenters. The van der Waals surface area contributed by atoms with Crippen molar-refractivity contribution in [3.63, 3.8) is 0 Å². The Labute approximate surface area is 106 Å². The quantitative estimate of drug-likeness (QED) is 0.919. The fourth-order valence-electron chi connectivity index (χ4n) is 1.77. The second kappa shape index (κ2) is 5.47. The van der Waals surface area contributed by atoms with Gasteiger partial charge in [0.2, 0.25) is 0 Å². The van der Waals surface area contributed by atoms with Gasteiger partial charge in [0.15, 0.2) is 0 Å². The second-order valence-corrected chi connectivity index (χ2v) is 5.46. The number of nitriles is 1. The summed E-state index contributed by atoms with van der Waals surface area (Å²) in [6.07, 6.45) is 0.717. The van der Waals surface area contributed by atoms with E-state index in [2.05, 4.69) is 41.2 Å². The van der Waals surface area contributed by atoms with E-state index in [0.29, 0.717) is 6.04 Å². The van der Waals surface area contributed by atoms with Gasteiger partial charge in [0.1, 0.15) is 5.54 Å². The van der Waals surface area contributed by atoms with Crippen LogP contribution < -0.4 is 5.32 Å².